The summed E-state index contributed by atoms with van der Waals surface area (Å²) in [6.07, 6.45) is -1.79. The van der Waals surface area contributed by atoms with E-state index >= 15 is 0 Å². The van der Waals surface area contributed by atoms with E-state index in [1.807, 2.05) is 0 Å². The minimum Gasteiger partial charge on any atom is -0.488 e. The number of nitrogens with one attached hydrogen (secondary N) is 3. The van der Waals surface area contributed by atoms with Crippen LogP contribution in [0.2, 0.25) is 0 Å². The number of carbonyl (C=O) groups excluding carboxylic acids is 1. The fourth-order valence-corrected chi connectivity index (χ4v) is 3.99. The molecule has 0 aliphatic heterocycles. The molecule has 0 atom stereocenters. The first-order valence-corrected chi connectivity index (χ1v) is 11.8. The molecule has 202 valence electrons. The molecule has 0 spiro atoms. The van der Waals surface area contributed by atoms with Gasteiger partial charge >= 0.3 is 12.2 Å². The number of aliphatic hydroxyl groups is 1. The molecule has 8 nitrogen and oxygen atoms in total. The summed E-state index contributed by atoms with van der Waals surface area (Å²) >= 11 is 0. The van der Waals surface area contributed by atoms with E-state index in [4.69, 9.17) is 9.47 Å². The quantitative estimate of drug-likeness (QED) is 0.283. The maximum Gasteiger partial charge on any atom is 0.420 e. The highest BCUT2D eigenvalue weighted by atomic mass is 19.4. The number of aliphatic hydroxyl groups excluding tert-OH is 1. The van der Waals surface area contributed by atoms with Crippen LogP contribution in [-0.2, 0) is 6.18 Å². The number of carbonyl (C=O) groups is 1. The van der Waals surface area contributed by atoms with Crippen LogP contribution >= 0.6 is 0 Å². The minimum atomic E-state index is -4.78. The fraction of sp³-hybridized carbons (Fsp3) is 0.308. The summed E-state index contributed by atoms with van der Waals surface area (Å²) in [5.41, 5.74) is -2.14. The number of urea groups is 1. The van der Waals surface area contributed by atoms with Crippen LogP contribution in [0, 0.1) is 5.82 Å². The van der Waals surface area contributed by atoms with Gasteiger partial charge in [-0.15, -0.1) is 0 Å². The molecule has 2 aromatic carbocycles. The number of hydrogen-bond acceptors (Lipinski definition) is 5. The summed E-state index contributed by atoms with van der Waals surface area (Å²) in [4.78, 5) is 26.7. The van der Waals surface area contributed by atoms with Crippen molar-refractivity contribution in [3.05, 3.63) is 70.4 Å². The molecule has 1 aliphatic rings. The van der Waals surface area contributed by atoms with Gasteiger partial charge in [-0.1, -0.05) is 6.07 Å². The molecule has 12 heteroatoms. The zero-order valence-electron chi connectivity index (χ0n) is 20.2. The lowest BCUT2D eigenvalue weighted by Gasteiger charge is -2.40. The number of H-pyrrole nitrogens is 1. The van der Waals surface area contributed by atoms with E-state index in [-0.39, 0.29) is 23.7 Å². The lowest BCUT2D eigenvalue weighted by Crippen LogP contribution is -2.46. The van der Waals surface area contributed by atoms with Crippen LogP contribution in [0.5, 0.6) is 11.5 Å². The van der Waals surface area contributed by atoms with Crippen molar-refractivity contribution in [2.75, 3.05) is 23.8 Å². The molecule has 1 aromatic heterocycles. The van der Waals surface area contributed by atoms with Gasteiger partial charge in [-0.05, 0) is 68.1 Å². The number of ether oxygens (including phenoxy) is 2. The van der Waals surface area contributed by atoms with E-state index in [2.05, 4.69) is 15.6 Å². The normalized spacial score (nSPS) is 14.4. The van der Waals surface area contributed by atoms with Gasteiger partial charge in [-0.2, -0.15) is 13.2 Å². The molecule has 1 aliphatic carbocycles. The minimum absolute atomic E-state index is 0.0702. The van der Waals surface area contributed by atoms with Crippen molar-refractivity contribution in [3.63, 3.8) is 0 Å². The first-order valence-electron chi connectivity index (χ1n) is 11.8. The maximum absolute atomic E-state index is 14.7. The molecule has 0 saturated heterocycles. The maximum atomic E-state index is 14.7. The van der Waals surface area contributed by atoms with E-state index in [1.165, 1.54) is 30.5 Å². The smallest absolute Gasteiger partial charge is 0.420 e. The second kappa shape index (κ2) is 10.7. The highest BCUT2D eigenvalue weighted by Crippen LogP contribution is 2.43. The molecule has 0 bridgehead atoms. The Labute approximate surface area is 214 Å². The number of pyridine rings is 1. The highest BCUT2D eigenvalue weighted by molar-refractivity contribution is 6.00. The Morgan fingerprint density at radius 1 is 1.08 bits per heavy atom. The SMILES string of the molecule is CCOc1cc(-c2ccc(NC(=O)Nc3ccc(OC4(CO)CCC4)c(C(F)(F)F)c3)c(F)c2)c[nH]c1=O. The van der Waals surface area contributed by atoms with Gasteiger partial charge in [-0.3, -0.25) is 4.79 Å². The lowest BCUT2D eigenvalue weighted by molar-refractivity contribution is -0.142. The van der Waals surface area contributed by atoms with Gasteiger partial charge in [0.2, 0.25) is 0 Å². The Hall–Kier alpha value is -4.06. The van der Waals surface area contributed by atoms with Crippen molar-refractivity contribution in [1.82, 2.24) is 4.98 Å². The first-order chi connectivity index (χ1) is 18.0. The van der Waals surface area contributed by atoms with Gasteiger partial charge < -0.3 is 30.2 Å². The molecular weight excluding hydrogens is 510 g/mol. The van der Waals surface area contributed by atoms with E-state index in [0.717, 1.165) is 18.6 Å². The van der Waals surface area contributed by atoms with Crippen LogP contribution in [0.25, 0.3) is 11.1 Å². The van der Waals surface area contributed by atoms with Crippen molar-refractivity contribution in [2.45, 2.75) is 38.0 Å². The fourth-order valence-electron chi connectivity index (χ4n) is 3.99. The van der Waals surface area contributed by atoms with Crippen LogP contribution in [-0.4, -0.2) is 34.9 Å². The molecule has 1 heterocycles. The number of alkyl halides is 3. The van der Waals surface area contributed by atoms with Crippen molar-refractivity contribution in [3.8, 4) is 22.6 Å². The van der Waals surface area contributed by atoms with E-state index in [9.17, 15) is 32.3 Å². The second-order valence-electron chi connectivity index (χ2n) is 8.79. The van der Waals surface area contributed by atoms with Crippen LogP contribution in [0.15, 0.2) is 53.5 Å². The lowest BCUT2D eigenvalue weighted by atomic mass is 9.80. The zero-order valence-corrected chi connectivity index (χ0v) is 20.2. The molecule has 0 radical (unpaired) electrons. The predicted octanol–water partition coefficient (Wildman–Crippen LogP) is 5.54. The van der Waals surface area contributed by atoms with Crippen molar-refractivity contribution in [1.29, 1.82) is 0 Å². The molecule has 1 fully saturated rings. The van der Waals surface area contributed by atoms with E-state index in [1.54, 1.807) is 6.92 Å². The van der Waals surface area contributed by atoms with Gasteiger partial charge in [-0.25, -0.2) is 9.18 Å². The Morgan fingerprint density at radius 3 is 2.45 bits per heavy atom. The summed E-state index contributed by atoms with van der Waals surface area (Å²) in [5.74, 6) is -1.19. The monoisotopic (exact) mass is 535 g/mol. The van der Waals surface area contributed by atoms with Crippen LogP contribution < -0.4 is 25.7 Å². The average Bonchev–Trinajstić information content (AvgIpc) is 2.84. The topological polar surface area (TPSA) is 113 Å². The third-order valence-corrected chi connectivity index (χ3v) is 6.14. The number of aromatic amines is 1. The van der Waals surface area contributed by atoms with Gasteiger partial charge in [0.1, 0.15) is 17.2 Å². The van der Waals surface area contributed by atoms with Gasteiger partial charge in [0, 0.05) is 17.4 Å². The average molecular weight is 535 g/mol. The molecule has 38 heavy (non-hydrogen) atoms. The van der Waals surface area contributed by atoms with Crippen molar-refractivity contribution >= 4 is 17.4 Å². The molecular formula is C26H25F4N3O5. The Bertz CT molecular complexity index is 1380. The van der Waals surface area contributed by atoms with Gasteiger partial charge in [0.05, 0.1) is 24.5 Å². The molecule has 4 rings (SSSR count). The Balaban J connectivity index is 1.48. The Morgan fingerprint density at radius 2 is 1.84 bits per heavy atom. The van der Waals surface area contributed by atoms with E-state index < -0.39 is 47.1 Å². The van der Waals surface area contributed by atoms with Crippen molar-refractivity contribution < 1.29 is 36.9 Å². The predicted molar refractivity (Wildman–Crippen MR) is 132 cm³/mol. The summed E-state index contributed by atoms with van der Waals surface area (Å²) in [7, 11) is 0. The number of rotatable bonds is 8. The number of aromatic nitrogens is 1. The van der Waals surface area contributed by atoms with Gasteiger partial charge in [0.25, 0.3) is 5.56 Å². The number of amides is 2. The molecule has 1 saturated carbocycles. The third-order valence-electron chi connectivity index (χ3n) is 6.14. The summed E-state index contributed by atoms with van der Waals surface area (Å²) in [6, 6.07) is 7.40. The highest BCUT2D eigenvalue weighted by Gasteiger charge is 2.42. The molecule has 2 amide bonds. The molecule has 0 unspecified atom stereocenters. The van der Waals surface area contributed by atoms with Crippen molar-refractivity contribution in [2.24, 2.45) is 0 Å². The second-order valence-corrected chi connectivity index (χ2v) is 8.79. The van der Waals surface area contributed by atoms with Crippen LogP contribution in [0.3, 0.4) is 0 Å². The number of benzene rings is 2. The standard InChI is InChI=1S/C26H25F4N3O5/c1-2-37-22-11-16(13-31-23(22)35)15-4-6-20(19(27)10-15)33-24(36)32-17-5-7-21(18(12-17)26(28,29)30)38-25(14-34)8-3-9-25/h4-7,10-13,34H,2-3,8-9,14H2,1H3,(H,31,35)(H2,32,33,36). The summed E-state index contributed by atoms with van der Waals surface area (Å²) in [5, 5.41) is 14.1. The largest absolute Gasteiger partial charge is 0.488 e. The number of anilines is 2. The first kappa shape index (κ1) is 27.0. The zero-order chi connectivity index (χ0) is 27.5. The summed E-state index contributed by atoms with van der Waals surface area (Å²) < 4.78 is 66.6. The number of halogens is 4. The third kappa shape index (κ3) is 5.91. The Kier molecular flexibility index (Phi) is 7.63. The summed E-state index contributed by atoms with van der Waals surface area (Å²) in [6.45, 7) is 1.57. The van der Waals surface area contributed by atoms with Crippen LogP contribution in [0.1, 0.15) is 31.7 Å². The molecule has 4 N–H and O–H groups in total. The van der Waals surface area contributed by atoms with E-state index in [0.29, 0.717) is 30.0 Å². The number of hydrogen-bond donors (Lipinski definition) is 4. The van der Waals surface area contributed by atoms with Gasteiger partial charge in [0.15, 0.2) is 5.75 Å². The molecule has 3 aromatic rings. The van der Waals surface area contributed by atoms with Crippen LogP contribution in [0.4, 0.5) is 33.7 Å².